The highest BCUT2D eigenvalue weighted by Gasteiger charge is 2.11. The molecule has 98 valence electrons. The van der Waals surface area contributed by atoms with Gasteiger partial charge < -0.3 is 4.90 Å². The molecule has 0 unspecified atom stereocenters. The van der Waals surface area contributed by atoms with E-state index in [1.54, 1.807) is 11.9 Å². The van der Waals surface area contributed by atoms with Crippen molar-refractivity contribution < 1.29 is 9.18 Å². The first-order valence-corrected chi connectivity index (χ1v) is 6.61. The van der Waals surface area contributed by atoms with E-state index >= 15 is 0 Å². The zero-order valence-electron chi connectivity index (χ0n) is 10.4. The van der Waals surface area contributed by atoms with Gasteiger partial charge in [-0.05, 0) is 42.0 Å². The van der Waals surface area contributed by atoms with Gasteiger partial charge in [-0.15, -0.1) is 0 Å². The lowest BCUT2D eigenvalue weighted by molar-refractivity contribution is 0.0785. The molecule has 0 spiro atoms. The average molecular weight is 322 g/mol. The second-order valence-electron chi connectivity index (χ2n) is 4.29. The average Bonchev–Trinajstić information content (AvgIpc) is 2.41. The fourth-order valence-corrected chi connectivity index (χ4v) is 2.01. The Morgan fingerprint density at radius 1 is 1.11 bits per heavy atom. The molecule has 0 atom stereocenters. The first kappa shape index (κ1) is 13.7. The number of carbonyl (C=O) groups is 1. The van der Waals surface area contributed by atoms with E-state index in [-0.39, 0.29) is 11.7 Å². The van der Waals surface area contributed by atoms with Crippen LogP contribution in [0.2, 0.25) is 0 Å². The molecule has 0 aliphatic carbocycles. The van der Waals surface area contributed by atoms with Crippen LogP contribution in [0.15, 0.2) is 53.0 Å². The first-order chi connectivity index (χ1) is 9.06. The van der Waals surface area contributed by atoms with Gasteiger partial charge in [0.05, 0.1) is 0 Å². The number of benzene rings is 2. The molecule has 0 heterocycles. The maximum Gasteiger partial charge on any atom is 0.253 e. The molecule has 0 saturated heterocycles. The lowest BCUT2D eigenvalue weighted by atomic mass is 10.1. The third kappa shape index (κ3) is 3.64. The van der Waals surface area contributed by atoms with Crippen molar-refractivity contribution >= 4 is 21.8 Å². The summed E-state index contributed by atoms with van der Waals surface area (Å²) >= 11 is 3.37. The van der Waals surface area contributed by atoms with E-state index in [0.717, 1.165) is 10.0 Å². The molecule has 2 aromatic carbocycles. The maximum atomic E-state index is 12.8. The van der Waals surface area contributed by atoms with E-state index in [0.29, 0.717) is 12.1 Å². The summed E-state index contributed by atoms with van der Waals surface area (Å²) in [7, 11) is 1.73. The molecule has 0 saturated carbocycles. The normalized spacial score (nSPS) is 10.3. The molecule has 2 rings (SSSR count). The summed E-state index contributed by atoms with van der Waals surface area (Å²) in [6.45, 7) is 0.517. The predicted molar refractivity (Wildman–Crippen MR) is 76.3 cm³/mol. The zero-order valence-corrected chi connectivity index (χ0v) is 12.0. The van der Waals surface area contributed by atoms with Crippen molar-refractivity contribution in [1.29, 1.82) is 0 Å². The van der Waals surface area contributed by atoms with Crippen molar-refractivity contribution in [1.82, 2.24) is 4.90 Å². The minimum absolute atomic E-state index is 0.122. The Kier molecular flexibility index (Phi) is 4.32. The number of hydrogen-bond acceptors (Lipinski definition) is 1. The van der Waals surface area contributed by atoms with Crippen molar-refractivity contribution in [2.24, 2.45) is 0 Å². The molecule has 0 aliphatic heterocycles. The van der Waals surface area contributed by atoms with Gasteiger partial charge in [-0.2, -0.15) is 0 Å². The smallest absolute Gasteiger partial charge is 0.253 e. The summed E-state index contributed by atoms with van der Waals surface area (Å²) in [6.07, 6.45) is 0. The quantitative estimate of drug-likeness (QED) is 0.840. The highest BCUT2D eigenvalue weighted by molar-refractivity contribution is 9.10. The van der Waals surface area contributed by atoms with Crippen molar-refractivity contribution in [3.05, 3.63) is 69.9 Å². The van der Waals surface area contributed by atoms with Crippen molar-refractivity contribution in [2.45, 2.75) is 6.54 Å². The lowest BCUT2D eigenvalue weighted by Gasteiger charge is -2.17. The van der Waals surface area contributed by atoms with Gasteiger partial charge in [-0.25, -0.2) is 4.39 Å². The molecule has 0 aromatic heterocycles. The van der Waals surface area contributed by atoms with Crippen LogP contribution in [0.4, 0.5) is 4.39 Å². The van der Waals surface area contributed by atoms with Crippen LogP contribution < -0.4 is 0 Å². The molecule has 0 fully saturated rings. The molecule has 1 amide bonds. The van der Waals surface area contributed by atoms with E-state index in [2.05, 4.69) is 15.9 Å². The van der Waals surface area contributed by atoms with Crippen LogP contribution in [0.3, 0.4) is 0 Å². The molecule has 0 aliphatic rings. The summed E-state index contributed by atoms with van der Waals surface area (Å²) in [6, 6.07) is 13.4. The number of carbonyl (C=O) groups excluding carboxylic acids is 1. The van der Waals surface area contributed by atoms with Gasteiger partial charge in [0.25, 0.3) is 5.91 Å². The monoisotopic (exact) mass is 321 g/mol. The fourth-order valence-electron chi connectivity index (χ4n) is 1.75. The van der Waals surface area contributed by atoms with E-state index in [9.17, 15) is 9.18 Å². The Bertz CT molecular complexity index is 566. The molecular weight excluding hydrogens is 309 g/mol. The van der Waals surface area contributed by atoms with E-state index < -0.39 is 0 Å². The minimum atomic E-state index is -0.341. The van der Waals surface area contributed by atoms with Gasteiger partial charge in [-0.1, -0.05) is 28.1 Å². The maximum absolute atomic E-state index is 12.8. The first-order valence-electron chi connectivity index (χ1n) is 5.82. The Morgan fingerprint density at radius 3 is 2.26 bits per heavy atom. The van der Waals surface area contributed by atoms with Gasteiger partial charge in [0.1, 0.15) is 5.82 Å². The molecule has 2 nitrogen and oxygen atoms in total. The lowest BCUT2D eigenvalue weighted by Crippen LogP contribution is -2.26. The molecular formula is C15H13BrFNO. The third-order valence-corrected chi connectivity index (χ3v) is 3.30. The predicted octanol–water partition coefficient (Wildman–Crippen LogP) is 3.86. The summed E-state index contributed by atoms with van der Waals surface area (Å²) in [5, 5.41) is 0. The van der Waals surface area contributed by atoms with Gasteiger partial charge in [-0.3, -0.25) is 4.79 Å². The third-order valence-electron chi connectivity index (χ3n) is 2.77. The number of halogens is 2. The highest BCUT2D eigenvalue weighted by Crippen LogP contribution is 2.13. The number of rotatable bonds is 3. The summed E-state index contributed by atoms with van der Waals surface area (Å²) in [4.78, 5) is 13.7. The van der Waals surface area contributed by atoms with Gasteiger partial charge in [0, 0.05) is 23.6 Å². The van der Waals surface area contributed by atoms with E-state index in [4.69, 9.17) is 0 Å². The second kappa shape index (κ2) is 5.97. The van der Waals surface area contributed by atoms with Crippen LogP contribution in [0.1, 0.15) is 15.9 Å². The van der Waals surface area contributed by atoms with E-state index in [1.807, 2.05) is 24.3 Å². The molecule has 4 heteroatoms. The van der Waals surface area contributed by atoms with Gasteiger partial charge in [0.15, 0.2) is 0 Å². The van der Waals surface area contributed by atoms with Crippen molar-refractivity contribution in [3.63, 3.8) is 0 Å². The van der Waals surface area contributed by atoms with Crippen LogP contribution in [0.25, 0.3) is 0 Å². The van der Waals surface area contributed by atoms with E-state index in [1.165, 1.54) is 24.3 Å². The van der Waals surface area contributed by atoms with Crippen LogP contribution in [0.5, 0.6) is 0 Å². The van der Waals surface area contributed by atoms with Crippen LogP contribution in [-0.2, 0) is 6.54 Å². The minimum Gasteiger partial charge on any atom is -0.337 e. The Balaban J connectivity index is 2.07. The van der Waals surface area contributed by atoms with Gasteiger partial charge >= 0.3 is 0 Å². The van der Waals surface area contributed by atoms with Crippen molar-refractivity contribution in [2.75, 3.05) is 7.05 Å². The SMILES string of the molecule is CN(Cc1ccc(Br)cc1)C(=O)c1ccc(F)cc1. The zero-order chi connectivity index (χ0) is 13.8. The number of hydrogen-bond donors (Lipinski definition) is 0. The molecule has 0 bridgehead atoms. The summed E-state index contributed by atoms with van der Waals surface area (Å²) < 4.78 is 13.8. The Hall–Kier alpha value is -1.68. The topological polar surface area (TPSA) is 20.3 Å². The molecule has 2 aromatic rings. The number of nitrogens with zero attached hydrogens (tertiary/aromatic N) is 1. The van der Waals surface area contributed by atoms with Crippen LogP contribution in [-0.4, -0.2) is 17.9 Å². The van der Waals surface area contributed by atoms with Gasteiger partial charge in [0.2, 0.25) is 0 Å². The molecule has 0 N–H and O–H groups in total. The number of amides is 1. The highest BCUT2D eigenvalue weighted by atomic mass is 79.9. The Morgan fingerprint density at radius 2 is 1.68 bits per heavy atom. The summed E-state index contributed by atoms with van der Waals surface area (Å²) in [5.41, 5.74) is 1.53. The van der Waals surface area contributed by atoms with Crippen LogP contribution >= 0.6 is 15.9 Å². The largest absolute Gasteiger partial charge is 0.337 e. The Labute approximate surface area is 120 Å². The summed E-state index contributed by atoms with van der Waals surface area (Å²) in [5.74, 6) is -0.463. The van der Waals surface area contributed by atoms with Crippen LogP contribution in [0, 0.1) is 5.82 Å². The second-order valence-corrected chi connectivity index (χ2v) is 5.21. The fraction of sp³-hybridized carbons (Fsp3) is 0.133. The molecule has 0 radical (unpaired) electrons. The molecule has 19 heavy (non-hydrogen) atoms. The standard InChI is InChI=1S/C15H13BrFNO/c1-18(10-11-2-6-13(16)7-3-11)15(19)12-4-8-14(17)9-5-12/h2-9H,10H2,1H3. The van der Waals surface area contributed by atoms with Crippen molar-refractivity contribution in [3.8, 4) is 0 Å².